The average molecular weight is 195 g/mol. The summed E-state index contributed by atoms with van der Waals surface area (Å²) >= 11 is 0. The van der Waals surface area contributed by atoms with E-state index in [0.717, 1.165) is 11.5 Å². The second-order valence-electron chi connectivity index (χ2n) is 3.41. The van der Waals surface area contributed by atoms with Crippen LogP contribution in [0.3, 0.4) is 0 Å². The maximum atomic E-state index is 9.16. The molecular weight excluding hydrogens is 182 g/mol. The molecule has 2 heterocycles. The predicted molar refractivity (Wildman–Crippen MR) is 51.5 cm³/mol. The molecule has 1 aromatic rings. The van der Waals surface area contributed by atoms with Gasteiger partial charge in [-0.25, -0.2) is 4.98 Å². The molecule has 0 bridgehead atoms. The molecule has 0 aromatic carbocycles. The Balaban J connectivity index is 2.21. The molecule has 1 N–H and O–H groups in total. The van der Waals surface area contributed by atoms with Crippen molar-refractivity contribution in [2.45, 2.75) is 13.0 Å². The highest BCUT2D eigenvalue weighted by Crippen LogP contribution is 2.20. The lowest BCUT2D eigenvalue weighted by Gasteiger charge is -2.36. The molecule has 5 heteroatoms. The van der Waals surface area contributed by atoms with Gasteiger partial charge >= 0.3 is 6.01 Å². The topological polar surface area (TPSA) is 58.5 Å². The molecule has 0 radical (unpaired) electrons. The van der Waals surface area contributed by atoms with E-state index >= 15 is 0 Å². The van der Waals surface area contributed by atoms with Gasteiger partial charge in [-0.05, 0) is 6.92 Å². The molecule has 1 aromatic heterocycles. The van der Waals surface area contributed by atoms with E-state index in [9.17, 15) is 0 Å². The van der Waals surface area contributed by atoms with Crippen molar-refractivity contribution >= 4 is 5.82 Å². The maximum Gasteiger partial charge on any atom is 0.318 e. The van der Waals surface area contributed by atoms with Gasteiger partial charge in [-0.1, -0.05) is 0 Å². The molecule has 14 heavy (non-hydrogen) atoms. The smallest absolute Gasteiger partial charge is 0.318 e. The zero-order chi connectivity index (χ0) is 10.1. The van der Waals surface area contributed by atoms with Crippen molar-refractivity contribution in [2.75, 3.05) is 25.1 Å². The summed E-state index contributed by atoms with van der Waals surface area (Å²) in [7, 11) is 1.55. The number of anilines is 1. The van der Waals surface area contributed by atoms with E-state index in [2.05, 4.69) is 9.97 Å². The van der Waals surface area contributed by atoms with E-state index in [1.54, 1.807) is 7.11 Å². The molecule has 0 atom stereocenters. The number of methoxy groups -OCH3 is 1. The number of hydrogen-bond donors (Lipinski definition) is 1. The van der Waals surface area contributed by atoms with Crippen LogP contribution >= 0.6 is 0 Å². The van der Waals surface area contributed by atoms with Gasteiger partial charge in [-0.2, -0.15) is 4.98 Å². The number of hydrogen-bond acceptors (Lipinski definition) is 5. The Morgan fingerprint density at radius 1 is 1.50 bits per heavy atom. The highest BCUT2D eigenvalue weighted by atomic mass is 16.5. The van der Waals surface area contributed by atoms with Gasteiger partial charge in [0.05, 0.1) is 13.2 Å². The van der Waals surface area contributed by atoms with Gasteiger partial charge in [0.1, 0.15) is 5.82 Å². The van der Waals surface area contributed by atoms with E-state index < -0.39 is 0 Å². The minimum atomic E-state index is -0.226. The standard InChI is InChI=1S/C9H13N3O2/c1-6-3-8(11-9(10-6)14-2)12-4-7(13)5-12/h3,7,13H,4-5H2,1-2H3. The third kappa shape index (κ3) is 1.63. The first-order valence-corrected chi connectivity index (χ1v) is 4.51. The molecule has 1 fully saturated rings. The Labute approximate surface area is 82.4 Å². The number of aromatic nitrogens is 2. The summed E-state index contributed by atoms with van der Waals surface area (Å²) in [5.74, 6) is 0.819. The molecule has 1 aliphatic heterocycles. The lowest BCUT2D eigenvalue weighted by Crippen LogP contribution is -2.51. The van der Waals surface area contributed by atoms with E-state index in [1.165, 1.54) is 0 Å². The van der Waals surface area contributed by atoms with Crippen molar-refractivity contribution in [1.29, 1.82) is 0 Å². The van der Waals surface area contributed by atoms with Gasteiger partial charge in [0.15, 0.2) is 0 Å². The van der Waals surface area contributed by atoms with Gasteiger partial charge in [-0.3, -0.25) is 0 Å². The summed E-state index contributed by atoms with van der Waals surface area (Å²) in [6.07, 6.45) is -0.226. The van der Waals surface area contributed by atoms with E-state index in [-0.39, 0.29) is 6.10 Å². The fraction of sp³-hybridized carbons (Fsp3) is 0.556. The van der Waals surface area contributed by atoms with Crippen LogP contribution in [0.1, 0.15) is 5.69 Å². The van der Waals surface area contributed by atoms with Crippen molar-refractivity contribution in [3.8, 4) is 6.01 Å². The Kier molecular flexibility index (Phi) is 2.25. The first-order chi connectivity index (χ1) is 6.69. The molecule has 5 nitrogen and oxygen atoms in total. The minimum Gasteiger partial charge on any atom is -0.467 e. The molecule has 0 unspecified atom stereocenters. The molecule has 0 saturated carbocycles. The quantitative estimate of drug-likeness (QED) is 0.718. The van der Waals surface area contributed by atoms with Crippen molar-refractivity contribution in [3.63, 3.8) is 0 Å². The number of nitrogens with zero attached hydrogens (tertiary/aromatic N) is 3. The van der Waals surface area contributed by atoms with Crippen molar-refractivity contribution in [1.82, 2.24) is 9.97 Å². The highest BCUT2D eigenvalue weighted by molar-refractivity contribution is 5.43. The van der Waals surface area contributed by atoms with Gasteiger partial charge in [-0.15, -0.1) is 0 Å². The number of rotatable bonds is 2. The fourth-order valence-electron chi connectivity index (χ4n) is 1.42. The third-order valence-electron chi connectivity index (χ3n) is 2.19. The summed E-state index contributed by atoms with van der Waals surface area (Å²) < 4.78 is 4.97. The van der Waals surface area contributed by atoms with Crippen LogP contribution in [-0.2, 0) is 0 Å². The zero-order valence-electron chi connectivity index (χ0n) is 8.27. The molecule has 0 amide bonds. The average Bonchev–Trinajstić information content (AvgIpc) is 2.12. The molecule has 0 spiro atoms. The van der Waals surface area contributed by atoms with Crippen LogP contribution in [0.5, 0.6) is 6.01 Å². The molecule has 1 aliphatic rings. The van der Waals surface area contributed by atoms with Gasteiger partial charge < -0.3 is 14.7 Å². The van der Waals surface area contributed by atoms with Crippen LogP contribution in [0.4, 0.5) is 5.82 Å². The van der Waals surface area contributed by atoms with E-state index in [4.69, 9.17) is 9.84 Å². The van der Waals surface area contributed by atoms with Crippen LogP contribution in [0.15, 0.2) is 6.07 Å². The number of aliphatic hydroxyl groups is 1. The lowest BCUT2D eigenvalue weighted by atomic mass is 10.2. The second kappa shape index (κ2) is 3.42. The molecule has 76 valence electrons. The van der Waals surface area contributed by atoms with Crippen molar-refractivity contribution in [2.24, 2.45) is 0 Å². The summed E-state index contributed by atoms with van der Waals surface area (Å²) in [4.78, 5) is 10.3. The Bertz CT molecular complexity index is 337. The van der Waals surface area contributed by atoms with E-state index in [1.807, 2.05) is 17.9 Å². The van der Waals surface area contributed by atoms with Crippen LogP contribution in [-0.4, -0.2) is 41.4 Å². The van der Waals surface area contributed by atoms with Gasteiger partial charge in [0.2, 0.25) is 0 Å². The van der Waals surface area contributed by atoms with Gasteiger partial charge in [0.25, 0.3) is 0 Å². The monoisotopic (exact) mass is 195 g/mol. The van der Waals surface area contributed by atoms with Crippen LogP contribution < -0.4 is 9.64 Å². The number of ether oxygens (including phenoxy) is 1. The number of β-amino-alcohol motifs (C(OH)–C–C–N with tert-alkyl or cyclic N) is 1. The first-order valence-electron chi connectivity index (χ1n) is 4.51. The predicted octanol–water partition coefficient (Wildman–Crippen LogP) is -0.0255. The summed E-state index contributed by atoms with van der Waals surface area (Å²) in [6.45, 7) is 3.17. The Morgan fingerprint density at radius 2 is 2.21 bits per heavy atom. The Morgan fingerprint density at radius 3 is 2.79 bits per heavy atom. The fourth-order valence-corrected chi connectivity index (χ4v) is 1.42. The summed E-state index contributed by atoms with van der Waals surface area (Å²) in [5.41, 5.74) is 0.869. The normalized spacial score (nSPS) is 16.6. The first kappa shape index (κ1) is 9.21. The largest absolute Gasteiger partial charge is 0.467 e. The van der Waals surface area contributed by atoms with E-state index in [0.29, 0.717) is 19.1 Å². The van der Waals surface area contributed by atoms with Crippen LogP contribution in [0, 0.1) is 6.92 Å². The van der Waals surface area contributed by atoms with Crippen molar-refractivity contribution in [3.05, 3.63) is 11.8 Å². The molecular formula is C9H13N3O2. The van der Waals surface area contributed by atoms with Crippen LogP contribution in [0.25, 0.3) is 0 Å². The summed E-state index contributed by atoms with van der Waals surface area (Å²) in [6, 6.07) is 2.26. The third-order valence-corrected chi connectivity index (χ3v) is 2.19. The van der Waals surface area contributed by atoms with Gasteiger partial charge in [0, 0.05) is 24.8 Å². The lowest BCUT2D eigenvalue weighted by molar-refractivity contribution is 0.141. The Hall–Kier alpha value is -1.36. The summed E-state index contributed by atoms with van der Waals surface area (Å²) in [5, 5.41) is 9.16. The number of aryl methyl sites for hydroxylation is 1. The second-order valence-corrected chi connectivity index (χ2v) is 3.41. The number of aliphatic hydroxyl groups excluding tert-OH is 1. The minimum absolute atomic E-state index is 0.226. The highest BCUT2D eigenvalue weighted by Gasteiger charge is 2.26. The molecule has 1 saturated heterocycles. The maximum absolute atomic E-state index is 9.16. The molecule has 2 rings (SSSR count). The zero-order valence-corrected chi connectivity index (χ0v) is 8.27. The molecule has 0 aliphatic carbocycles. The SMILES string of the molecule is COc1nc(C)cc(N2CC(O)C2)n1. The van der Waals surface area contributed by atoms with Crippen LogP contribution in [0.2, 0.25) is 0 Å². The van der Waals surface area contributed by atoms with Crippen molar-refractivity contribution < 1.29 is 9.84 Å².